The lowest BCUT2D eigenvalue weighted by molar-refractivity contribution is 0.469. The smallest absolute Gasteiger partial charge is 0.216 e. The zero-order valence-electron chi connectivity index (χ0n) is 8.58. The van der Waals surface area contributed by atoms with Crippen LogP contribution in [0.1, 0.15) is 5.56 Å². The largest absolute Gasteiger partial charge is 0.457 e. The lowest BCUT2D eigenvalue weighted by Crippen LogP contribution is -1.89. The molecule has 0 fully saturated rings. The zero-order valence-corrected chi connectivity index (χ0v) is 9.33. The summed E-state index contributed by atoms with van der Waals surface area (Å²) in [6.07, 6.45) is 1.36. The first-order valence-electron chi connectivity index (χ1n) is 4.71. The fourth-order valence-corrected chi connectivity index (χ4v) is 1.53. The molecule has 82 valence electrons. The fourth-order valence-electron chi connectivity index (χ4n) is 1.30. The molecule has 2 aromatic rings. The molecule has 0 saturated carbocycles. The Morgan fingerprint density at radius 1 is 1.25 bits per heavy atom. The minimum Gasteiger partial charge on any atom is -0.457 e. The van der Waals surface area contributed by atoms with Gasteiger partial charge in [-0.15, -0.1) is 0 Å². The fraction of sp³-hybridized carbons (Fsp3) is 0.0833. The van der Waals surface area contributed by atoms with Crippen molar-refractivity contribution in [2.75, 3.05) is 0 Å². The molecular formula is C12H9ClFNO. The van der Waals surface area contributed by atoms with E-state index in [1.807, 2.05) is 6.92 Å². The molecule has 0 N–H and O–H groups in total. The minimum absolute atomic E-state index is 0.415. The lowest BCUT2D eigenvalue weighted by atomic mass is 10.2. The van der Waals surface area contributed by atoms with Gasteiger partial charge in [-0.1, -0.05) is 11.6 Å². The van der Waals surface area contributed by atoms with Crippen molar-refractivity contribution in [3.05, 3.63) is 53.1 Å². The highest BCUT2D eigenvalue weighted by Crippen LogP contribution is 2.26. The van der Waals surface area contributed by atoms with E-state index in [2.05, 4.69) is 4.98 Å². The van der Waals surface area contributed by atoms with Crippen LogP contribution in [-0.4, -0.2) is 4.98 Å². The van der Waals surface area contributed by atoms with Crippen LogP contribution in [-0.2, 0) is 0 Å². The van der Waals surface area contributed by atoms with Gasteiger partial charge in [-0.3, -0.25) is 0 Å². The summed E-state index contributed by atoms with van der Waals surface area (Å²) in [6, 6.07) is 8.08. The molecule has 1 aromatic heterocycles. The van der Waals surface area contributed by atoms with E-state index in [-0.39, 0.29) is 0 Å². The number of hydrogen-bond acceptors (Lipinski definition) is 2. The molecule has 0 unspecified atom stereocenters. The summed E-state index contributed by atoms with van der Waals surface area (Å²) in [5, 5.41) is 0.644. The van der Waals surface area contributed by atoms with E-state index in [4.69, 9.17) is 16.3 Å². The number of hydrogen-bond donors (Lipinski definition) is 0. The first-order valence-corrected chi connectivity index (χ1v) is 5.08. The van der Waals surface area contributed by atoms with Gasteiger partial charge in [0.05, 0.1) is 0 Å². The van der Waals surface area contributed by atoms with Crippen LogP contribution in [0.3, 0.4) is 0 Å². The van der Waals surface area contributed by atoms with Crippen LogP contribution in [0.25, 0.3) is 0 Å². The van der Waals surface area contributed by atoms with Crippen molar-refractivity contribution >= 4 is 11.6 Å². The summed E-state index contributed by atoms with van der Waals surface area (Å²) in [7, 11) is 0. The molecule has 0 saturated heterocycles. The van der Waals surface area contributed by atoms with E-state index in [1.165, 1.54) is 12.3 Å². The molecule has 4 heteroatoms. The number of pyridine rings is 1. The molecule has 0 bridgehead atoms. The summed E-state index contributed by atoms with van der Waals surface area (Å²) in [4.78, 5) is 3.45. The standard InChI is InChI=1S/C12H9ClFNO/c1-8-6-9(13)2-3-11(8)16-10-4-5-15-12(14)7-10/h2-7H,1H3. The SMILES string of the molecule is Cc1cc(Cl)ccc1Oc1ccnc(F)c1. The van der Waals surface area contributed by atoms with Gasteiger partial charge < -0.3 is 4.74 Å². The van der Waals surface area contributed by atoms with Crippen molar-refractivity contribution < 1.29 is 9.13 Å². The maximum atomic E-state index is 12.8. The second kappa shape index (κ2) is 4.49. The Balaban J connectivity index is 2.27. The minimum atomic E-state index is -0.566. The number of nitrogens with zero attached hydrogens (tertiary/aromatic N) is 1. The van der Waals surface area contributed by atoms with Gasteiger partial charge in [-0.2, -0.15) is 4.39 Å². The Morgan fingerprint density at radius 2 is 2.06 bits per heavy atom. The number of halogens is 2. The van der Waals surface area contributed by atoms with Gasteiger partial charge in [-0.25, -0.2) is 4.98 Å². The topological polar surface area (TPSA) is 22.1 Å². The van der Waals surface area contributed by atoms with Gasteiger partial charge in [0.2, 0.25) is 5.95 Å². The Kier molecular flexibility index (Phi) is 3.06. The van der Waals surface area contributed by atoms with Crippen molar-refractivity contribution in [3.63, 3.8) is 0 Å². The normalized spacial score (nSPS) is 10.2. The number of benzene rings is 1. The first-order chi connectivity index (χ1) is 7.65. The van der Waals surface area contributed by atoms with Crippen LogP contribution in [0.2, 0.25) is 5.02 Å². The molecule has 0 spiro atoms. The van der Waals surface area contributed by atoms with Crippen LogP contribution in [0.4, 0.5) is 4.39 Å². The molecule has 2 nitrogen and oxygen atoms in total. The summed E-state index contributed by atoms with van der Waals surface area (Å²) in [6.45, 7) is 1.87. The Morgan fingerprint density at radius 3 is 2.75 bits per heavy atom. The highest BCUT2D eigenvalue weighted by Gasteiger charge is 2.03. The number of ether oxygens (including phenoxy) is 1. The van der Waals surface area contributed by atoms with E-state index in [9.17, 15) is 4.39 Å². The predicted molar refractivity (Wildman–Crippen MR) is 60.5 cm³/mol. The Bertz CT molecular complexity index is 516. The van der Waals surface area contributed by atoms with Crippen LogP contribution in [0.5, 0.6) is 11.5 Å². The zero-order chi connectivity index (χ0) is 11.5. The first kappa shape index (κ1) is 10.9. The quantitative estimate of drug-likeness (QED) is 0.738. The second-order valence-corrected chi connectivity index (χ2v) is 3.76. The number of rotatable bonds is 2. The summed E-state index contributed by atoms with van der Waals surface area (Å²) in [5.74, 6) is 0.497. The van der Waals surface area contributed by atoms with Crippen molar-refractivity contribution in [2.45, 2.75) is 6.92 Å². The molecular weight excluding hydrogens is 229 g/mol. The molecule has 1 aromatic carbocycles. The Hall–Kier alpha value is -1.61. The van der Waals surface area contributed by atoms with E-state index < -0.39 is 5.95 Å². The molecule has 1 heterocycles. The van der Waals surface area contributed by atoms with Crippen LogP contribution < -0.4 is 4.74 Å². The van der Waals surface area contributed by atoms with E-state index >= 15 is 0 Å². The van der Waals surface area contributed by atoms with Crippen molar-refractivity contribution in [2.24, 2.45) is 0 Å². The number of aromatic nitrogens is 1. The van der Waals surface area contributed by atoms with Crippen LogP contribution >= 0.6 is 11.6 Å². The molecule has 16 heavy (non-hydrogen) atoms. The summed E-state index contributed by atoms with van der Waals surface area (Å²) >= 11 is 5.82. The molecule has 0 aliphatic heterocycles. The molecule has 0 amide bonds. The predicted octanol–water partition coefficient (Wildman–Crippen LogP) is 3.97. The highest BCUT2D eigenvalue weighted by molar-refractivity contribution is 6.30. The maximum absolute atomic E-state index is 12.8. The third-order valence-electron chi connectivity index (χ3n) is 2.06. The maximum Gasteiger partial charge on any atom is 0.216 e. The van der Waals surface area contributed by atoms with E-state index in [0.29, 0.717) is 16.5 Å². The molecule has 0 aliphatic carbocycles. The van der Waals surface area contributed by atoms with Crippen LogP contribution in [0.15, 0.2) is 36.5 Å². The monoisotopic (exact) mass is 237 g/mol. The third-order valence-corrected chi connectivity index (χ3v) is 2.30. The van der Waals surface area contributed by atoms with Gasteiger partial charge >= 0.3 is 0 Å². The van der Waals surface area contributed by atoms with Gasteiger partial charge in [-0.05, 0) is 36.8 Å². The van der Waals surface area contributed by atoms with Gasteiger partial charge in [0.15, 0.2) is 0 Å². The molecule has 0 radical (unpaired) electrons. The average molecular weight is 238 g/mol. The van der Waals surface area contributed by atoms with Crippen molar-refractivity contribution in [1.82, 2.24) is 4.98 Å². The van der Waals surface area contributed by atoms with E-state index in [1.54, 1.807) is 24.3 Å². The van der Waals surface area contributed by atoms with Crippen LogP contribution in [0, 0.1) is 12.9 Å². The summed E-state index contributed by atoms with van der Waals surface area (Å²) in [5.41, 5.74) is 0.893. The summed E-state index contributed by atoms with van der Waals surface area (Å²) < 4.78 is 18.3. The van der Waals surface area contributed by atoms with Gasteiger partial charge in [0, 0.05) is 17.3 Å². The van der Waals surface area contributed by atoms with Crippen molar-refractivity contribution in [1.29, 1.82) is 0 Å². The third kappa shape index (κ3) is 2.49. The van der Waals surface area contributed by atoms with Crippen molar-refractivity contribution in [3.8, 4) is 11.5 Å². The van der Waals surface area contributed by atoms with E-state index in [0.717, 1.165) is 5.56 Å². The second-order valence-electron chi connectivity index (χ2n) is 3.33. The number of aryl methyl sites for hydroxylation is 1. The average Bonchev–Trinajstić information content (AvgIpc) is 2.22. The van der Waals surface area contributed by atoms with Gasteiger partial charge in [0.25, 0.3) is 0 Å². The Labute approximate surface area is 97.7 Å². The molecule has 0 aliphatic rings. The van der Waals surface area contributed by atoms with Gasteiger partial charge in [0.1, 0.15) is 11.5 Å². The molecule has 0 atom stereocenters. The molecule has 2 rings (SSSR count). The lowest BCUT2D eigenvalue weighted by Gasteiger charge is -2.08. The highest BCUT2D eigenvalue weighted by atomic mass is 35.5.